The van der Waals surface area contributed by atoms with Gasteiger partial charge in [-0.25, -0.2) is 14.8 Å². The van der Waals surface area contributed by atoms with Crippen LogP contribution in [0.15, 0.2) is 36.7 Å². The fourth-order valence-corrected chi connectivity index (χ4v) is 1.60. The number of benzene rings is 1. The van der Waals surface area contributed by atoms with E-state index in [-0.39, 0.29) is 11.6 Å². The zero-order chi connectivity index (χ0) is 12.3. The molecule has 0 aliphatic rings. The number of nitrogens with zero attached hydrogens (tertiary/aromatic N) is 2. The largest absolute Gasteiger partial charge is 0.478 e. The first-order chi connectivity index (χ1) is 8.16. The Bertz CT molecular complexity index is 543. The molecule has 0 bridgehead atoms. The first-order valence-corrected chi connectivity index (χ1v) is 5.72. The molecule has 0 spiro atoms. The van der Waals surface area contributed by atoms with Gasteiger partial charge in [-0.2, -0.15) is 0 Å². The van der Waals surface area contributed by atoms with Gasteiger partial charge in [0.2, 0.25) is 0 Å². The van der Waals surface area contributed by atoms with E-state index in [4.69, 9.17) is 9.84 Å². The Balaban J connectivity index is 2.20. The Labute approximate surface area is 111 Å². The monoisotopic (exact) mass is 342 g/mol. The minimum absolute atomic E-state index is 0.0279. The van der Waals surface area contributed by atoms with E-state index in [0.717, 1.165) is 3.57 Å². The molecule has 0 unspecified atom stereocenters. The van der Waals surface area contributed by atoms with Gasteiger partial charge in [-0.15, -0.1) is 0 Å². The highest BCUT2D eigenvalue weighted by molar-refractivity contribution is 14.1. The summed E-state index contributed by atoms with van der Waals surface area (Å²) in [6, 6.07) is 7.53. The van der Waals surface area contributed by atoms with Crippen LogP contribution in [-0.4, -0.2) is 21.0 Å². The first kappa shape index (κ1) is 11.8. The maximum atomic E-state index is 10.6. The van der Waals surface area contributed by atoms with Crippen LogP contribution in [0.1, 0.15) is 10.4 Å². The van der Waals surface area contributed by atoms with Gasteiger partial charge in [0.25, 0.3) is 0 Å². The lowest BCUT2D eigenvalue weighted by Gasteiger charge is -2.05. The number of carboxylic acid groups (broad SMARTS) is 1. The molecule has 2 rings (SSSR count). The molecule has 0 atom stereocenters. The molecule has 0 aliphatic heterocycles. The number of halogens is 1. The number of hydrogen-bond donors (Lipinski definition) is 1. The third-order valence-electron chi connectivity index (χ3n) is 1.91. The fraction of sp³-hybridized carbons (Fsp3) is 0. The van der Waals surface area contributed by atoms with Gasteiger partial charge in [0, 0.05) is 12.4 Å². The Hall–Kier alpha value is -1.70. The maximum absolute atomic E-state index is 10.6. The summed E-state index contributed by atoms with van der Waals surface area (Å²) < 4.78 is 6.35. The van der Waals surface area contributed by atoms with E-state index in [9.17, 15) is 4.79 Å². The van der Waals surface area contributed by atoms with Crippen LogP contribution in [0.2, 0.25) is 0 Å². The second-order valence-corrected chi connectivity index (χ2v) is 4.25. The summed E-state index contributed by atoms with van der Waals surface area (Å²) in [5.41, 5.74) is 0.0279. The van der Waals surface area contributed by atoms with Crippen molar-refractivity contribution in [2.45, 2.75) is 0 Å². The van der Waals surface area contributed by atoms with Crippen molar-refractivity contribution in [3.05, 3.63) is 45.8 Å². The highest BCUT2D eigenvalue weighted by atomic mass is 127. The number of rotatable bonds is 3. The first-order valence-electron chi connectivity index (χ1n) is 4.64. The van der Waals surface area contributed by atoms with Crippen molar-refractivity contribution >= 4 is 28.6 Å². The molecule has 0 aliphatic carbocycles. The van der Waals surface area contributed by atoms with Gasteiger partial charge in [-0.05, 0) is 34.7 Å². The minimum atomic E-state index is -1.06. The average Bonchev–Trinajstić information content (AvgIpc) is 2.33. The quantitative estimate of drug-likeness (QED) is 0.868. The molecule has 1 aromatic heterocycles. The van der Waals surface area contributed by atoms with Crippen LogP contribution in [0.25, 0.3) is 0 Å². The summed E-state index contributed by atoms with van der Waals surface area (Å²) in [7, 11) is 0. The van der Waals surface area contributed by atoms with Crippen molar-refractivity contribution in [3.63, 3.8) is 0 Å². The van der Waals surface area contributed by atoms with E-state index in [0.29, 0.717) is 5.75 Å². The molecule has 1 heterocycles. The van der Waals surface area contributed by atoms with E-state index >= 15 is 0 Å². The van der Waals surface area contributed by atoms with Gasteiger partial charge in [-0.3, -0.25) is 0 Å². The molecule has 0 saturated carbocycles. The van der Waals surface area contributed by atoms with Crippen LogP contribution in [0.4, 0.5) is 0 Å². The molecular weight excluding hydrogens is 335 g/mol. The van der Waals surface area contributed by atoms with Gasteiger partial charge >= 0.3 is 12.0 Å². The summed E-state index contributed by atoms with van der Waals surface area (Å²) in [5, 5.41) is 8.69. The zero-order valence-electron chi connectivity index (χ0n) is 8.50. The smallest absolute Gasteiger partial charge is 0.338 e. The average molecular weight is 342 g/mol. The zero-order valence-corrected chi connectivity index (χ0v) is 10.7. The van der Waals surface area contributed by atoms with Crippen LogP contribution < -0.4 is 4.74 Å². The number of aromatic nitrogens is 2. The van der Waals surface area contributed by atoms with Crippen LogP contribution in [0.5, 0.6) is 11.8 Å². The van der Waals surface area contributed by atoms with Crippen molar-refractivity contribution in [2.24, 2.45) is 0 Å². The number of carboxylic acids is 1. The summed E-state index contributed by atoms with van der Waals surface area (Å²) in [6.45, 7) is 0. The Morgan fingerprint density at radius 3 is 2.47 bits per heavy atom. The number of aromatic carboxylic acids is 1. The predicted octanol–water partition coefficient (Wildman–Crippen LogP) is 2.57. The van der Waals surface area contributed by atoms with Gasteiger partial charge in [-0.1, -0.05) is 12.1 Å². The molecule has 17 heavy (non-hydrogen) atoms. The van der Waals surface area contributed by atoms with Crippen LogP contribution in [0.3, 0.4) is 0 Å². The molecule has 0 fully saturated rings. The number of ether oxygens (including phenoxy) is 1. The van der Waals surface area contributed by atoms with Crippen LogP contribution in [-0.2, 0) is 0 Å². The SMILES string of the molecule is O=C(O)c1cnc(Oc2ccccc2I)nc1. The Kier molecular flexibility index (Phi) is 3.52. The standard InChI is InChI=1S/C11H7IN2O3/c12-8-3-1-2-4-9(8)17-11-13-5-7(6-14-11)10(15)16/h1-6H,(H,15,16). The minimum Gasteiger partial charge on any atom is -0.478 e. The third-order valence-corrected chi connectivity index (χ3v) is 2.80. The highest BCUT2D eigenvalue weighted by Crippen LogP contribution is 2.23. The summed E-state index contributed by atoms with van der Waals surface area (Å²) in [6.07, 6.45) is 2.42. The van der Waals surface area contributed by atoms with E-state index in [1.165, 1.54) is 12.4 Å². The number of para-hydroxylation sites is 1. The van der Waals surface area contributed by atoms with Crippen molar-refractivity contribution in [1.29, 1.82) is 0 Å². The summed E-state index contributed by atoms with van der Waals surface area (Å²) in [4.78, 5) is 18.2. The molecule has 86 valence electrons. The molecule has 0 radical (unpaired) electrons. The second kappa shape index (κ2) is 5.09. The van der Waals surface area contributed by atoms with Crippen molar-refractivity contribution in [3.8, 4) is 11.8 Å². The molecule has 5 nitrogen and oxygen atoms in total. The summed E-state index contributed by atoms with van der Waals surface area (Å²) in [5.74, 6) is -0.429. The van der Waals surface area contributed by atoms with E-state index in [1.807, 2.05) is 18.2 Å². The predicted molar refractivity (Wildman–Crippen MR) is 68.2 cm³/mol. The lowest BCUT2D eigenvalue weighted by atomic mass is 10.3. The van der Waals surface area contributed by atoms with Crippen molar-refractivity contribution in [2.75, 3.05) is 0 Å². The van der Waals surface area contributed by atoms with Crippen molar-refractivity contribution in [1.82, 2.24) is 9.97 Å². The summed E-state index contributed by atoms with van der Waals surface area (Å²) >= 11 is 2.13. The fourth-order valence-electron chi connectivity index (χ4n) is 1.11. The third kappa shape index (κ3) is 2.90. The van der Waals surface area contributed by atoms with Gasteiger partial charge < -0.3 is 9.84 Å². The molecular formula is C11H7IN2O3. The van der Waals surface area contributed by atoms with Crippen LogP contribution >= 0.6 is 22.6 Å². The Morgan fingerprint density at radius 2 is 1.88 bits per heavy atom. The normalized spacial score (nSPS) is 9.94. The lowest BCUT2D eigenvalue weighted by Crippen LogP contribution is -2.00. The maximum Gasteiger partial charge on any atom is 0.338 e. The molecule has 6 heteroatoms. The Morgan fingerprint density at radius 1 is 1.24 bits per heavy atom. The van der Waals surface area contributed by atoms with E-state index in [1.54, 1.807) is 6.07 Å². The van der Waals surface area contributed by atoms with Crippen molar-refractivity contribution < 1.29 is 14.6 Å². The molecule has 1 aromatic carbocycles. The number of hydrogen-bond acceptors (Lipinski definition) is 4. The lowest BCUT2D eigenvalue weighted by molar-refractivity contribution is 0.0696. The van der Waals surface area contributed by atoms with E-state index in [2.05, 4.69) is 32.6 Å². The molecule has 0 saturated heterocycles. The van der Waals surface area contributed by atoms with Gasteiger partial charge in [0.15, 0.2) is 0 Å². The van der Waals surface area contributed by atoms with E-state index < -0.39 is 5.97 Å². The molecule has 0 amide bonds. The second-order valence-electron chi connectivity index (χ2n) is 3.09. The molecule has 1 N–H and O–H groups in total. The topological polar surface area (TPSA) is 72.3 Å². The van der Waals surface area contributed by atoms with Gasteiger partial charge in [0.05, 0.1) is 9.13 Å². The highest BCUT2D eigenvalue weighted by Gasteiger charge is 2.07. The number of carbonyl (C=O) groups is 1. The van der Waals surface area contributed by atoms with Gasteiger partial charge in [0.1, 0.15) is 5.75 Å². The molecule has 2 aromatic rings. The van der Waals surface area contributed by atoms with Crippen LogP contribution in [0, 0.1) is 3.57 Å².